The largest absolute Gasteiger partial charge is 0.330 e. The van der Waals surface area contributed by atoms with Gasteiger partial charge in [-0.05, 0) is 49.5 Å². The van der Waals surface area contributed by atoms with Crippen molar-refractivity contribution >= 4 is 0 Å². The Balaban J connectivity index is 1.75. The normalized spacial score (nSPS) is 22.1. The smallest absolute Gasteiger partial charge is 0.0270 e. The quantitative estimate of drug-likeness (QED) is 0.794. The number of pyridine rings is 1. The van der Waals surface area contributed by atoms with Gasteiger partial charge in [-0.3, -0.25) is 4.98 Å². The Morgan fingerprint density at radius 2 is 2.20 bits per heavy atom. The van der Waals surface area contributed by atoms with Gasteiger partial charge in [-0.25, -0.2) is 0 Å². The minimum atomic E-state index is 0.724. The molecule has 3 heteroatoms. The van der Waals surface area contributed by atoms with Crippen LogP contribution in [0.3, 0.4) is 0 Å². The standard InChI is InChI=1S/C12H19N3/c13-9-12-4-8-15(10-12)7-3-11-1-5-14-6-2-11/h1-2,5-6,12H,3-4,7-10,13H2. The summed E-state index contributed by atoms with van der Waals surface area (Å²) in [6, 6.07) is 4.19. The SMILES string of the molecule is NCC1CCN(CCc2ccncc2)C1. The molecule has 0 amide bonds. The van der Waals surface area contributed by atoms with Gasteiger partial charge in [0, 0.05) is 25.5 Å². The highest BCUT2D eigenvalue weighted by Crippen LogP contribution is 2.14. The fourth-order valence-corrected chi connectivity index (χ4v) is 2.15. The van der Waals surface area contributed by atoms with Crippen LogP contribution in [0.15, 0.2) is 24.5 Å². The van der Waals surface area contributed by atoms with Crippen LogP contribution in [-0.2, 0) is 6.42 Å². The second kappa shape index (κ2) is 5.24. The molecule has 1 aliphatic rings. The maximum Gasteiger partial charge on any atom is 0.0270 e. The summed E-state index contributed by atoms with van der Waals surface area (Å²) in [4.78, 5) is 6.53. The third kappa shape index (κ3) is 3.01. The molecule has 1 saturated heterocycles. The summed E-state index contributed by atoms with van der Waals surface area (Å²) in [5.74, 6) is 0.724. The second-order valence-electron chi connectivity index (χ2n) is 4.30. The van der Waals surface area contributed by atoms with Crippen molar-refractivity contribution in [1.29, 1.82) is 0 Å². The highest BCUT2D eigenvalue weighted by Gasteiger charge is 2.20. The molecule has 1 aromatic heterocycles. The number of nitrogens with two attached hydrogens (primary N) is 1. The van der Waals surface area contributed by atoms with Crippen LogP contribution in [0.4, 0.5) is 0 Å². The van der Waals surface area contributed by atoms with Crippen LogP contribution in [-0.4, -0.2) is 36.1 Å². The Labute approximate surface area is 91.3 Å². The molecule has 0 radical (unpaired) electrons. The van der Waals surface area contributed by atoms with Gasteiger partial charge >= 0.3 is 0 Å². The Morgan fingerprint density at radius 1 is 1.40 bits per heavy atom. The molecule has 0 spiro atoms. The van der Waals surface area contributed by atoms with E-state index in [4.69, 9.17) is 5.73 Å². The average Bonchev–Trinajstić information content (AvgIpc) is 2.76. The van der Waals surface area contributed by atoms with Gasteiger partial charge in [0.15, 0.2) is 0 Å². The molecular formula is C12H19N3. The van der Waals surface area contributed by atoms with Gasteiger partial charge in [-0.15, -0.1) is 0 Å². The summed E-state index contributed by atoms with van der Waals surface area (Å²) in [6.45, 7) is 4.39. The number of hydrogen-bond acceptors (Lipinski definition) is 3. The van der Waals surface area contributed by atoms with Crippen LogP contribution in [0.1, 0.15) is 12.0 Å². The fourth-order valence-electron chi connectivity index (χ4n) is 2.15. The molecule has 2 heterocycles. The van der Waals surface area contributed by atoms with Crippen molar-refractivity contribution in [3.8, 4) is 0 Å². The molecule has 1 fully saturated rings. The molecule has 0 aromatic carbocycles. The number of aromatic nitrogens is 1. The van der Waals surface area contributed by atoms with Gasteiger partial charge in [0.25, 0.3) is 0 Å². The van der Waals surface area contributed by atoms with E-state index >= 15 is 0 Å². The zero-order chi connectivity index (χ0) is 10.5. The summed E-state index contributed by atoms with van der Waals surface area (Å²) < 4.78 is 0. The Morgan fingerprint density at radius 3 is 2.87 bits per heavy atom. The molecule has 0 saturated carbocycles. The average molecular weight is 205 g/mol. The molecule has 1 atom stereocenters. The summed E-state index contributed by atoms with van der Waals surface area (Å²) in [7, 11) is 0. The van der Waals surface area contributed by atoms with Gasteiger partial charge in [-0.2, -0.15) is 0 Å². The topological polar surface area (TPSA) is 42.1 Å². The van der Waals surface area contributed by atoms with Crippen molar-refractivity contribution in [3.63, 3.8) is 0 Å². The molecule has 1 aromatic rings. The first-order valence-corrected chi connectivity index (χ1v) is 5.70. The monoisotopic (exact) mass is 205 g/mol. The molecular weight excluding hydrogens is 186 g/mol. The second-order valence-corrected chi connectivity index (χ2v) is 4.30. The fraction of sp³-hybridized carbons (Fsp3) is 0.583. The maximum atomic E-state index is 5.67. The van der Waals surface area contributed by atoms with Crippen molar-refractivity contribution in [1.82, 2.24) is 9.88 Å². The van der Waals surface area contributed by atoms with E-state index in [1.807, 2.05) is 12.4 Å². The van der Waals surface area contributed by atoms with Gasteiger partial charge < -0.3 is 10.6 Å². The molecule has 3 nitrogen and oxygen atoms in total. The first-order valence-electron chi connectivity index (χ1n) is 5.70. The summed E-state index contributed by atoms with van der Waals surface area (Å²) >= 11 is 0. The number of likely N-dealkylation sites (tertiary alicyclic amines) is 1. The van der Waals surface area contributed by atoms with Gasteiger partial charge in [-0.1, -0.05) is 0 Å². The number of rotatable bonds is 4. The lowest BCUT2D eigenvalue weighted by molar-refractivity contribution is 0.329. The van der Waals surface area contributed by atoms with E-state index in [0.717, 1.165) is 25.4 Å². The van der Waals surface area contributed by atoms with Crippen molar-refractivity contribution in [2.45, 2.75) is 12.8 Å². The van der Waals surface area contributed by atoms with Crippen LogP contribution in [0.2, 0.25) is 0 Å². The molecule has 1 unspecified atom stereocenters. The third-order valence-electron chi connectivity index (χ3n) is 3.17. The summed E-state index contributed by atoms with van der Waals surface area (Å²) in [5.41, 5.74) is 7.04. The van der Waals surface area contributed by atoms with Crippen LogP contribution < -0.4 is 5.73 Å². The highest BCUT2D eigenvalue weighted by molar-refractivity contribution is 5.09. The minimum Gasteiger partial charge on any atom is -0.330 e. The van der Waals surface area contributed by atoms with Gasteiger partial charge in [0.05, 0.1) is 0 Å². The minimum absolute atomic E-state index is 0.724. The van der Waals surface area contributed by atoms with E-state index < -0.39 is 0 Å². The van der Waals surface area contributed by atoms with E-state index in [1.54, 1.807) is 0 Å². The molecule has 15 heavy (non-hydrogen) atoms. The molecule has 2 N–H and O–H groups in total. The van der Waals surface area contributed by atoms with Gasteiger partial charge in [0.2, 0.25) is 0 Å². The molecule has 0 bridgehead atoms. The van der Waals surface area contributed by atoms with Crippen LogP contribution in [0, 0.1) is 5.92 Å². The highest BCUT2D eigenvalue weighted by atomic mass is 15.1. The Bertz CT molecular complexity index is 286. The van der Waals surface area contributed by atoms with Crippen LogP contribution in [0.25, 0.3) is 0 Å². The third-order valence-corrected chi connectivity index (χ3v) is 3.17. The van der Waals surface area contributed by atoms with Crippen molar-refractivity contribution in [2.75, 3.05) is 26.2 Å². The first kappa shape index (κ1) is 10.6. The lowest BCUT2D eigenvalue weighted by Crippen LogP contribution is -2.25. The Kier molecular flexibility index (Phi) is 3.69. The first-order chi connectivity index (χ1) is 7.38. The molecule has 1 aliphatic heterocycles. The summed E-state index contributed by atoms with van der Waals surface area (Å²) in [5, 5.41) is 0. The molecule has 82 valence electrons. The Hall–Kier alpha value is -0.930. The van der Waals surface area contributed by atoms with Gasteiger partial charge in [0.1, 0.15) is 0 Å². The van der Waals surface area contributed by atoms with Crippen molar-refractivity contribution in [3.05, 3.63) is 30.1 Å². The maximum absolute atomic E-state index is 5.67. The van der Waals surface area contributed by atoms with E-state index in [2.05, 4.69) is 22.0 Å². The van der Waals surface area contributed by atoms with E-state index in [0.29, 0.717) is 0 Å². The van der Waals surface area contributed by atoms with Crippen LogP contribution >= 0.6 is 0 Å². The number of hydrogen-bond donors (Lipinski definition) is 1. The van der Waals surface area contributed by atoms with E-state index in [-0.39, 0.29) is 0 Å². The zero-order valence-corrected chi connectivity index (χ0v) is 9.10. The lowest BCUT2D eigenvalue weighted by Gasteiger charge is -2.15. The lowest BCUT2D eigenvalue weighted by atomic mass is 10.1. The van der Waals surface area contributed by atoms with E-state index in [1.165, 1.54) is 25.1 Å². The predicted octanol–water partition coefficient (Wildman–Crippen LogP) is 0.905. The van der Waals surface area contributed by atoms with Crippen LogP contribution in [0.5, 0.6) is 0 Å². The van der Waals surface area contributed by atoms with Crippen molar-refractivity contribution in [2.24, 2.45) is 11.7 Å². The number of nitrogens with zero attached hydrogens (tertiary/aromatic N) is 2. The van der Waals surface area contributed by atoms with Crippen molar-refractivity contribution < 1.29 is 0 Å². The molecule has 2 rings (SSSR count). The predicted molar refractivity (Wildman–Crippen MR) is 61.5 cm³/mol. The van der Waals surface area contributed by atoms with E-state index in [9.17, 15) is 0 Å². The zero-order valence-electron chi connectivity index (χ0n) is 9.10. The summed E-state index contributed by atoms with van der Waals surface area (Å²) in [6.07, 6.45) is 6.12. The molecule has 0 aliphatic carbocycles.